The molecule has 4 aromatic rings. The maximum Gasteiger partial charge on any atom is 0.0544 e. The second-order valence-corrected chi connectivity index (χ2v) is 6.15. The van der Waals surface area contributed by atoms with Crippen molar-refractivity contribution in [2.45, 2.75) is 19.6 Å². The van der Waals surface area contributed by atoms with E-state index >= 15 is 0 Å². The lowest BCUT2D eigenvalue weighted by atomic mass is 10.1. The van der Waals surface area contributed by atoms with Gasteiger partial charge in [-0.05, 0) is 35.9 Å². The summed E-state index contributed by atoms with van der Waals surface area (Å²) in [6.45, 7) is 2.42. The van der Waals surface area contributed by atoms with E-state index in [1.54, 1.807) is 0 Å². The summed E-state index contributed by atoms with van der Waals surface area (Å²) in [5, 5.41) is 1.27. The van der Waals surface area contributed by atoms with Gasteiger partial charge in [-0.25, -0.2) is 0 Å². The molecule has 0 aliphatic heterocycles. The summed E-state index contributed by atoms with van der Waals surface area (Å²) in [5.74, 6) is 0. The summed E-state index contributed by atoms with van der Waals surface area (Å²) < 4.78 is 0. The number of hydrogen-bond acceptors (Lipinski definition) is 3. The van der Waals surface area contributed by atoms with Gasteiger partial charge in [-0.3, -0.25) is 14.9 Å². The minimum Gasteiger partial charge on any atom is -0.361 e. The molecule has 1 aromatic carbocycles. The molecule has 0 aliphatic rings. The standard InChI is InChI=1S/C21H20N4/c1-2-10-21-20(9-1)17(13-24-21)14-25(15-18-7-3-5-11-22-18)16-19-8-4-6-12-23-19/h1-13,24H,14-16H2. The summed E-state index contributed by atoms with van der Waals surface area (Å²) >= 11 is 0. The molecule has 0 unspecified atom stereocenters. The van der Waals surface area contributed by atoms with E-state index in [0.29, 0.717) is 0 Å². The van der Waals surface area contributed by atoms with Gasteiger partial charge in [-0.1, -0.05) is 30.3 Å². The van der Waals surface area contributed by atoms with Gasteiger partial charge in [0.25, 0.3) is 0 Å². The molecule has 0 atom stereocenters. The van der Waals surface area contributed by atoms with Crippen LogP contribution in [0.3, 0.4) is 0 Å². The van der Waals surface area contributed by atoms with Gasteiger partial charge >= 0.3 is 0 Å². The number of H-pyrrole nitrogens is 1. The molecule has 4 nitrogen and oxygen atoms in total. The monoisotopic (exact) mass is 328 g/mol. The van der Waals surface area contributed by atoms with E-state index in [9.17, 15) is 0 Å². The molecule has 3 heterocycles. The minimum atomic E-state index is 0.789. The predicted octanol–water partition coefficient (Wildman–Crippen LogP) is 4.16. The molecule has 124 valence electrons. The SMILES string of the molecule is c1ccc(CN(Cc2ccccn2)Cc2c[nH]c3ccccc23)nc1. The topological polar surface area (TPSA) is 44.8 Å². The smallest absolute Gasteiger partial charge is 0.0544 e. The summed E-state index contributed by atoms with van der Waals surface area (Å²) in [4.78, 5) is 14.7. The second-order valence-electron chi connectivity index (χ2n) is 6.15. The lowest BCUT2D eigenvalue weighted by Gasteiger charge is -2.21. The van der Waals surface area contributed by atoms with Crippen molar-refractivity contribution in [3.8, 4) is 0 Å². The third-order valence-corrected chi connectivity index (χ3v) is 4.29. The number of nitrogens with one attached hydrogen (secondary N) is 1. The van der Waals surface area contributed by atoms with Crippen LogP contribution in [0.15, 0.2) is 79.3 Å². The average molecular weight is 328 g/mol. The molecular formula is C21H20N4. The van der Waals surface area contributed by atoms with Gasteiger partial charge in [0.05, 0.1) is 11.4 Å². The molecule has 0 fully saturated rings. The van der Waals surface area contributed by atoms with E-state index in [2.05, 4.69) is 62.4 Å². The van der Waals surface area contributed by atoms with Crippen LogP contribution in [0.2, 0.25) is 0 Å². The number of aromatic amines is 1. The first kappa shape index (κ1) is 15.5. The van der Waals surface area contributed by atoms with Crippen LogP contribution < -0.4 is 0 Å². The van der Waals surface area contributed by atoms with Gasteiger partial charge in [0.1, 0.15) is 0 Å². The Morgan fingerprint density at radius 2 is 1.36 bits per heavy atom. The van der Waals surface area contributed by atoms with E-state index in [-0.39, 0.29) is 0 Å². The Bertz CT molecular complexity index is 890. The zero-order valence-electron chi connectivity index (χ0n) is 14.0. The van der Waals surface area contributed by atoms with E-state index in [0.717, 1.165) is 31.0 Å². The average Bonchev–Trinajstić information content (AvgIpc) is 3.06. The number of fused-ring (bicyclic) bond motifs is 1. The highest BCUT2D eigenvalue weighted by Gasteiger charge is 2.12. The number of para-hydroxylation sites is 1. The molecule has 0 saturated carbocycles. The lowest BCUT2D eigenvalue weighted by Crippen LogP contribution is -2.23. The molecule has 4 heteroatoms. The van der Waals surface area contributed by atoms with Gasteiger partial charge < -0.3 is 4.98 Å². The number of nitrogens with zero attached hydrogens (tertiary/aromatic N) is 3. The Kier molecular flexibility index (Phi) is 4.53. The van der Waals surface area contributed by atoms with Crippen LogP contribution in [0.25, 0.3) is 10.9 Å². The Morgan fingerprint density at radius 1 is 0.720 bits per heavy atom. The van der Waals surface area contributed by atoms with Crippen molar-refractivity contribution in [2.75, 3.05) is 0 Å². The largest absolute Gasteiger partial charge is 0.361 e. The van der Waals surface area contributed by atoms with Crippen molar-refractivity contribution in [3.63, 3.8) is 0 Å². The first-order valence-electron chi connectivity index (χ1n) is 8.46. The predicted molar refractivity (Wildman–Crippen MR) is 99.7 cm³/mol. The highest BCUT2D eigenvalue weighted by atomic mass is 15.1. The van der Waals surface area contributed by atoms with Crippen LogP contribution in [0.4, 0.5) is 0 Å². The highest BCUT2D eigenvalue weighted by Crippen LogP contribution is 2.21. The molecule has 0 bridgehead atoms. The van der Waals surface area contributed by atoms with Crippen molar-refractivity contribution >= 4 is 10.9 Å². The Labute approximate surface area is 147 Å². The van der Waals surface area contributed by atoms with Gasteiger partial charge in [-0.2, -0.15) is 0 Å². The maximum atomic E-state index is 4.48. The normalized spacial score (nSPS) is 11.2. The first-order chi connectivity index (χ1) is 12.4. The van der Waals surface area contributed by atoms with E-state index in [4.69, 9.17) is 0 Å². The number of rotatable bonds is 6. The fourth-order valence-electron chi connectivity index (χ4n) is 3.11. The molecular weight excluding hydrogens is 308 g/mol. The molecule has 25 heavy (non-hydrogen) atoms. The molecule has 1 N–H and O–H groups in total. The third-order valence-electron chi connectivity index (χ3n) is 4.29. The molecule has 4 rings (SSSR count). The Morgan fingerprint density at radius 3 is 2.00 bits per heavy atom. The second kappa shape index (κ2) is 7.28. The van der Waals surface area contributed by atoms with Crippen LogP contribution in [0.5, 0.6) is 0 Å². The molecule has 0 amide bonds. The molecule has 0 saturated heterocycles. The summed E-state index contributed by atoms with van der Waals surface area (Å²) in [5.41, 5.74) is 4.60. The van der Waals surface area contributed by atoms with E-state index < -0.39 is 0 Å². The summed E-state index contributed by atoms with van der Waals surface area (Å²) in [7, 11) is 0. The third kappa shape index (κ3) is 3.75. The lowest BCUT2D eigenvalue weighted by molar-refractivity contribution is 0.242. The van der Waals surface area contributed by atoms with E-state index in [1.165, 1.54) is 16.5 Å². The minimum absolute atomic E-state index is 0.789. The summed E-state index contributed by atoms with van der Waals surface area (Å²) in [6.07, 6.45) is 5.80. The number of benzene rings is 1. The quantitative estimate of drug-likeness (QED) is 0.578. The van der Waals surface area contributed by atoms with Gasteiger partial charge in [0, 0.05) is 49.1 Å². The van der Waals surface area contributed by atoms with E-state index in [1.807, 2.05) is 36.7 Å². The van der Waals surface area contributed by atoms with Crippen LogP contribution in [0, 0.1) is 0 Å². The molecule has 3 aromatic heterocycles. The van der Waals surface area contributed by atoms with Crippen molar-refractivity contribution < 1.29 is 0 Å². The number of pyridine rings is 2. The zero-order chi connectivity index (χ0) is 16.9. The van der Waals surface area contributed by atoms with Crippen molar-refractivity contribution in [2.24, 2.45) is 0 Å². The maximum absolute atomic E-state index is 4.48. The first-order valence-corrected chi connectivity index (χ1v) is 8.46. The highest BCUT2D eigenvalue weighted by molar-refractivity contribution is 5.82. The number of hydrogen-bond donors (Lipinski definition) is 1. The zero-order valence-corrected chi connectivity index (χ0v) is 14.0. The fraction of sp³-hybridized carbons (Fsp3) is 0.143. The van der Waals surface area contributed by atoms with Gasteiger partial charge in [-0.15, -0.1) is 0 Å². The van der Waals surface area contributed by atoms with Gasteiger partial charge in [0.2, 0.25) is 0 Å². The van der Waals surface area contributed by atoms with Crippen molar-refractivity contribution in [3.05, 3.63) is 96.2 Å². The van der Waals surface area contributed by atoms with Crippen LogP contribution in [-0.2, 0) is 19.6 Å². The van der Waals surface area contributed by atoms with Crippen LogP contribution in [0.1, 0.15) is 17.0 Å². The number of aromatic nitrogens is 3. The molecule has 0 aliphatic carbocycles. The fourth-order valence-corrected chi connectivity index (χ4v) is 3.11. The van der Waals surface area contributed by atoms with Crippen molar-refractivity contribution in [1.29, 1.82) is 0 Å². The molecule has 0 spiro atoms. The van der Waals surface area contributed by atoms with Gasteiger partial charge in [0.15, 0.2) is 0 Å². The van der Waals surface area contributed by atoms with Crippen molar-refractivity contribution in [1.82, 2.24) is 19.9 Å². The molecule has 0 radical (unpaired) electrons. The van der Waals surface area contributed by atoms with Crippen LogP contribution >= 0.6 is 0 Å². The Hall–Kier alpha value is -2.98. The summed E-state index contributed by atoms with van der Waals surface area (Å²) in [6, 6.07) is 20.5. The van der Waals surface area contributed by atoms with Crippen LogP contribution in [-0.4, -0.2) is 19.9 Å². The Balaban J connectivity index is 1.60.